The number of hydrogen-bond donors (Lipinski definition) is 1. The fourth-order valence-electron chi connectivity index (χ4n) is 0.853. The molecule has 2 aromatic heterocycles. The average molecular weight is 162 g/mol. The first-order valence-electron chi connectivity index (χ1n) is 3.36. The average Bonchev–Trinajstić information content (AvgIpc) is 2.54. The van der Waals surface area contributed by atoms with Crippen molar-refractivity contribution in [3.05, 3.63) is 24.5 Å². The van der Waals surface area contributed by atoms with Crippen LogP contribution in [-0.4, -0.2) is 15.1 Å². The number of rotatable bonds is 1. The number of nitrogen functional groups attached to an aromatic ring is 1. The fourth-order valence-corrected chi connectivity index (χ4v) is 0.853. The minimum Gasteiger partial charge on any atom is -0.351 e. The lowest BCUT2D eigenvalue weighted by molar-refractivity contribution is 0.437. The molecular formula is C7H6N4O. The van der Waals surface area contributed by atoms with E-state index in [1.807, 2.05) is 0 Å². The third-order valence-corrected chi connectivity index (χ3v) is 1.38. The quantitative estimate of drug-likeness (QED) is 0.668. The van der Waals surface area contributed by atoms with Gasteiger partial charge in [-0.25, -0.2) is 0 Å². The Kier molecular flexibility index (Phi) is 1.48. The molecule has 0 aliphatic carbocycles. The van der Waals surface area contributed by atoms with Crippen LogP contribution >= 0.6 is 0 Å². The Balaban J connectivity index is 2.45. The minimum atomic E-state index is 0.0711. The Labute approximate surface area is 68.2 Å². The molecule has 0 fully saturated rings. The first-order chi connectivity index (χ1) is 5.86. The number of aromatic nitrogens is 3. The lowest BCUT2D eigenvalue weighted by Crippen LogP contribution is -1.83. The van der Waals surface area contributed by atoms with E-state index in [4.69, 9.17) is 5.73 Å². The van der Waals surface area contributed by atoms with Gasteiger partial charge in [-0.15, -0.1) is 0 Å². The van der Waals surface area contributed by atoms with E-state index in [0.717, 1.165) is 5.56 Å². The molecule has 0 aliphatic heterocycles. The predicted octanol–water partition coefficient (Wildman–Crippen LogP) is 0.714. The van der Waals surface area contributed by atoms with Gasteiger partial charge in [0.05, 0.1) is 0 Å². The first-order valence-corrected chi connectivity index (χ1v) is 3.36. The first kappa shape index (κ1) is 6.78. The standard InChI is InChI=1S/C7H6N4O/c8-7-10-6(11-12-7)5-1-3-9-4-2-5/h1-4H,(H2,8,10,11). The van der Waals surface area contributed by atoms with E-state index in [-0.39, 0.29) is 6.01 Å². The highest BCUT2D eigenvalue weighted by Gasteiger charge is 2.03. The number of anilines is 1. The lowest BCUT2D eigenvalue weighted by atomic mass is 10.3. The Morgan fingerprint density at radius 1 is 1.25 bits per heavy atom. The summed E-state index contributed by atoms with van der Waals surface area (Å²) in [5.74, 6) is 0.481. The van der Waals surface area contributed by atoms with Crippen LogP contribution < -0.4 is 5.73 Å². The molecule has 5 nitrogen and oxygen atoms in total. The summed E-state index contributed by atoms with van der Waals surface area (Å²) >= 11 is 0. The molecule has 0 amide bonds. The van der Waals surface area contributed by atoms with Gasteiger partial charge in [-0.05, 0) is 12.1 Å². The second-order valence-electron chi connectivity index (χ2n) is 2.19. The van der Waals surface area contributed by atoms with Crippen molar-refractivity contribution in [2.24, 2.45) is 0 Å². The van der Waals surface area contributed by atoms with Gasteiger partial charge in [0.15, 0.2) is 0 Å². The molecule has 2 N–H and O–H groups in total. The number of hydrogen-bond acceptors (Lipinski definition) is 5. The van der Waals surface area contributed by atoms with Gasteiger partial charge < -0.3 is 10.3 Å². The third kappa shape index (κ3) is 1.12. The van der Waals surface area contributed by atoms with Gasteiger partial charge in [-0.3, -0.25) is 4.98 Å². The molecule has 0 unspecified atom stereocenters. The zero-order chi connectivity index (χ0) is 8.39. The van der Waals surface area contributed by atoms with Crippen LogP contribution in [0.4, 0.5) is 6.01 Å². The predicted molar refractivity (Wildman–Crippen MR) is 41.9 cm³/mol. The zero-order valence-electron chi connectivity index (χ0n) is 6.14. The van der Waals surface area contributed by atoms with E-state index in [1.54, 1.807) is 24.5 Å². The van der Waals surface area contributed by atoms with E-state index >= 15 is 0 Å². The van der Waals surface area contributed by atoms with Crippen molar-refractivity contribution < 1.29 is 4.52 Å². The highest BCUT2D eigenvalue weighted by atomic mass is 16.5. The van der Waals surface area contributed by atoms with Crippen molar-refractivity contribution >= 4 is 6.01 Å². The highest BCUT2D eigenvalue weighted by molar-refractivity contribution is 5.53. The SMILES string of the molecule is Nc1nc(-c2ccncc2)no1. The fraction of sp³-hybridized carbons (Fsp3) is 0. The number of nitrogens with two attached hydrogens (primary N) is 1. The van der Waals surface area contributed by atoms with Crippen LogP contribution in [0.5, 0.6) is 0 Å². The largest absolute Gasteiger partial charge is 0.351 e. The molecule has 0 radical (unpaired) electrons. The second-order valence-corrected chi connectivity index (χ2v) is 2.19. The molecule has 0 atom stereocenters. The third-order valence-electron chi connectivity index (χ3n) is 1.38. The summed E-state index contributed by atoms with van der Waals surface area (Å²) in [6, 6.07) is 3.64. The van der Waals surface area contributed by atoms with Gasteiger partial charge in [0.25, 0.3) is 0 Å². The van der Waals surface area contributed by atoms with Gasteiger partial charge in [-0.1, -0.05) is 5.16 Å². The molecular weight excluding hydrogens is 156 g/mol. The molecule has 0 saturated heterocycles. The monoisotopic (exact) mass is 162 g/mol. The Bertz CT molecular complexity index is 370. The normalized spacial score (nSPS) is 10.0. The number of nitrogens with zero attached hydrogens (tertiary/aromatic N) is 3. The second kappa shape index (κ2) is 2.61. The van der Waals surface area contributed by atoms with Gasteiger partial charge >= 0.3 is 6.01 Å². The summed E-state index contributed by atoms with van der Waals surface area (Å²) in [5, 5.41) is 3.65. The van der Waals surface area contributed by atoms with Crippen molar-refractivity contribution in [1.82, 2.24) is 15.1 Å². The van der Waals surface area contributed by atoms with Crippen LogP contribution in [0.2, 0.25) is 0 Å². The van der Waals surface area contributed by atoms with Crippen molar-refractivity contribution in [2.45, 2.75) is 0 Å². The molecule has 2 rings (SSSR count). The summed E-state index contributed by atoms with van der Waals surface area (Å²) in [4.78, 5) is 7.71. The summed E-state index contributed by atoms with van der Waals surface area (Å²) in [6.07, 6.45) is 3.31. The van der Waals surface area contributed by atoms with Gasteiger partial charge in [0.2, 0.25) is 5.82 Å². The van der Waals surface area contributed by atoms with Crippen LogP contribution in [0, 0.1) is 0 Å². The van der Waals surface area contributed by atoms with E-state index < -0.39 is 0 Å². The van der Waals surface area contributed by atoms with Crippen LogP contribution in [0.3, 0.4) is 0 Å². The minimum absolute atomic E-state index is 0.0711. The van der Waals surface area contributed by atoms with Crippen molar-refractivity contribution in [3.63, 3.8) is 0 Å². The Morgan fingerprint density at radius 2 is 2.00 bits per heavy atom. The summed E-state index contributed by atoms with van der Waals surface area (Å²) in [7, 11) is 0. The van der Waals surface area contributed by atoms with E-state index in [0.29, 0.717) is 5.82 Å². The molecule has 5 heteroatoms. The molecule has 2 aromatic rings. The Hall–Kier alpha value is -1.91. The summed E-state index contributed by atoms with van der Waals surface area (Å²) in [5.41, 5.74) is 6.10. The van der Waals surface area contributed by atoms with Crippen molar-refractivity contribution in [1.29, 1.82) is 0 Å². The molecule has 0 aliphatic rings. The zero-order valence-corrected chi connectivity index (χ0v) is 6.14. The highest BCUT2D eigenvalue weighted by Crippen LogP contribution is 2.13. The molecule has 0 aromatic carbocycles. The van der Waals surface area contributed by atoms with E-state index in [9.17, 15) is 0 Å². The maximum Gasteiger partial charge on any atom is 0.319 e. The van der Waals surface area contributed by atoms with Gasteiger partial charge in [0.1, 0.15) is 0 Å². The van der Waals surface area contributed by atoms with Crippen LogP contribution in [0.1, 0.15) is 0 Å². The van der Waals surface area contributed by atoms with Gasteiger partial charge in [-0.2, -0.15) is 4.98 Å². The van der Waals surface area contributed by atoms with Crippen molar-refractivity contribution in [2.75, 3.05) is 5.73 Å². The van der Waals surface area contributed by atoms with Crippen LogP contribution in [-0.2, 0) is 0 Å². The topological polar surface area (TPSA) is 77.8 Å². The molecule has 60 valence electrons. The maximum absolute atomic E-state index is 5.26. The molecule has 0 spiro atoms. The molecule has 0 saturated carbocycles. The smallest absolute Gasteiger partial charge is 0.319 e. The molecule has 2 heterocycles. The summed E-state index contributed by atoms with van der Waals surface area (Å²) in [6.45, 7) is 0. The molecule has 0 bridgehead atoms. The van der Waals surface area contributed by atoms with Crippen molar-refractivity contribution in [3.8, 4) is 11.4 Å². The summed E-state index contributed by atoms with van der Waals surface area (Å²) < 4.78 is 4.62. The van der Waals surface area contributed by atoms with Crippen LogP contribution in [0.25, 0.3) is 11.4 Å². The van der Waals surface area contributed by atoms with E-state index in [2.05, 4.69) is 19.6 Å². The van der Waals surface area contributed by atoms with Crippen LogP contribution in [0.15, 0.2) is 29.0 Å². The molecule has 12 heavy (non-hydrogen) atoms. The Morgan fingerprint density at radius 3 is 2.58 bits per heavy atom. The lowest BCUT2D eigenvalue weighted by Gasteiger charge is -1.88. The maximum atomic E-state index is 5.26. The van der Waals surface area contributed by atoms with E-state index in [1.165, 1.54) is 0 Å². The van der Waals surface area contributed by atoms with Gasteiger partial charge in [0, 0.05) is 18.0 Å². The number of pyridine rings is 1.